The minimum Gasteiger partial charge on any atom is -0.389 e. The average molecular weight is 301 g/mol. The van der Waals surface area contributed by atoms with Crippen LogP contribution in [-0.2, 0) is 20.8 Å². The molecule has 0 radical (unpaired) electrons. The monoisotopic (exact) mass is 301 g/mol. The standard InChI is InChI=1S/C14H20FNO3S/c1-17-5-2-6-18-7-8-19-10-12-4-3-11(14(16)20)9-13(12)15/h3-4,9H,2,5-8,10H2,1H3,(H2,16,20). The molecule has 0 heterocycles. The van der Waals surface area contributed by atoms with Gasteiger partial charge in [-0.05, 0) is 12.5 Å². The molecule has 0 aliphatic rings. The summed E-state index contributed by atoms with van der Waals surface area (Å²) in [7, 11) is 1.65. The van der Waals surface area contributed by atoms with Gasteiger partial charge in [0.2, 0.25) is 0 Å². The third kappa shape index (κ3) is 6.38. The lowest BCUT2D eigenvalue weighted by atomic mass is 10.1. The zero-order chi connectivity index (χ0) is 14.8. The van der Waals surface area contributed by atoms with Crippen LogP contribution in [-0.4, -0.2) is 38.5 Å². The van der Waals surface area contributed by atoms with Crippen molar-refractivity contribution in [1.82, 2.24) is 0 Å². The minimum absolute atomic E-state index is 0.181. The Morgan fingerprint density at radius 3 is 2.60 bits per heavy atom. The van der Waals surface area contributed by atoms with Crippen LogP contribution < -0.4 is 5.73 Å². The molecular formula is C14H20FNO3S. The van der Waals surface area contributed by atoms with Crippen molar-refractivity contribution in [2.24, 2.45) is 5.73 Å². The Hall–Kier alpha value is -1.08. The zero-order valence-corrected chi connectivity index (χ0v) is 12.4. The summed E-state index contributed by atoms with van der Waals surface area (Å²) in [6, 6.07) is 4.64. The molecule has 0 amide bonds. The van der Waals surface area contributed by atoms with Gasteiger partial charge in [0, 0.05) is 31.5 Å². The molecule has 0 aromatic heterocycles. The fourth-order valence-corrected chi connectivity index (χ4v) is 1.65. The highest BCUT2D eigenvalue weighted by Crippen LogP contribution is 2.11. The van der Waals surface area contributed by atoms with E-state index in [1.165, 1.54) is 6.07 Å². The van der Waals surface area contributed by atoms with Gasteiger partial charge in [0.1, 0.15) is 10.8 Å². The van der Waals surface area contributed by atoms with Crippen molar-refractivity contribution in [1.29, 1.82) is 0 Å². The van der Waals surface area contributed by atoms with Gasteiger partial charge in [-0.15, -0.1) is 0 Å². The molecule has 1 aromatic carbocycles. The van der Waals surface area contributed by atoms with Crippen molar-refractivity contribution in [2.75, 3.05) is 33.5 Å². The first-order valence-corrected chi connectivity index (χ1v) is 6.78. The summed E-state index contributed by atoms with van der Waals surface area (Å²) < 4.78 is 29.2. The Balaban J connectivity index is 2.20. The van der Waals surface area contributed by atoms with Crippen LogP contribution in [0.4, 0.5) is 4.39 Å². The molecular weight excluding hydrogens is 281 g/mol. The van der Waals surface area contributed by atoms with Gasteiger partial charge in [-0.2, -0.15) is 0 Å². The molecule has 0 fully saturated rings. The Labute approximate surface area is 124 Å². The third-order valence-electron chi connectivity index (χ3n) is 2.60. The lowest BCUT2D eigenvalue weighted by molar-refractivity contribution is 0.0329. The molecule has 0 aliphatic carbocycles. The highest BCUT2D eigenvalue weighted by atomic mass is 32.1. The van der Waals surface area contributed by atoms with E-state index in [0.717, 1.165) is 6.42 Å². The van der Waals surface area contributed by atoms with E-state index in [2.05, 4.69) is 0 Å². The number of halogens is 1. The SMILES string of the molecule is COCCCOCCOCc1ccc(C(N)=S)cc1F. The van der Waals surface area contributed by atoms with Crippen LogP contribution in [0.15, 0.2) is 18.2 Å². The molecule has 20 heavy (non-hydrogen) atoms. The first-order valence-electron chi connectivity index (χ1n) is 6.37. The van der Waals surface area contributed by atoms with Crippen molar-refractivity contribution < 1.29 is 18.6 Å². The summed E-state index contributed by atoms with van der Waals surface area (Å²) in [5.74, 6) is -0.365. The van der Waals surface area contributed by atoms with E-state index in [1.54, 1.807) is 19.2 Å². The number of hydrogen-bond acceptors (Lipinski definition) is 4. The third-order valence-corrected chi connectivity index (χ3v) is 2.84. The molecule has 0 spiro atoms. The largest absolute Gasteiger partial charge is 0.389 e. The van der Waals surface area contributed by atoms with Gasteiger partial charge in [0.05, 0.1) is 19.8 Å². The van der Waals surface area contributed by atoms with E-state index in [4.69, 9.17) is 32.2 Å². The van der Waals surface area contributed by atoms with Crippen molar-refractivity contribution in [2.45, 2.75) is 13.0 Å². The molecule has 0 aliphatic heterocycles. The lowest BCUT2D eigenvalue weighted by Gasteiger charge is -2.07. The first kappa shape index (κ1) is 17.0. The second kappa shape index (κ2) is 9.77. The molecule has 0 saturated carbocycles. The normalized spacial score (nSPS) is 10.7. The number of benzene rings is 1. The maximum atomic E-state index is 13.7. The summed E-state index contributed by atoms with van der Waals surface area (Å²) in [5, 5.41) is 0. The molecule has 0 unspecified atom stereocenters. The Morgan fingerprint density at radius 1 is 1.20 bits per heavy atom. The molecule has 2 N–H and O–H groups in total. The minimum atomic E-state index is -0.365. The van der Waals surface area contributed by atoms with E-state index in [0.29, 0.717) is 37.6 Å². The summed E-state index contributed by atoms with van der Waals surface area (Å²) in [6.07, 6.45) is 0.853. The topological polar surface area (TPSA) is 53.7 Å². The molecule has 6 heteroatoms. The molecule has 1 rings (SSSR count). The van der Waals surface area contributed by atoms with Crippen LogP contribution >= 0.6 is 12.2 Å². The Bertz CT molecular complexity index is 429. The first-order chi connectivity index (χ1) is 9.65. The predicted molar refractivity (Wildman–Crippen MR) is 79.3 cm³/mol. The van der Waals surface area contributed by atoms with Crippen LogP contribution in [0.1, 0.15) is 17.5 Å². The van der Waals surface area contributed by atoms with Crippen LogP contribution in [0.25, 0.3) is 0 Å². The van der Waals surface area contributed by atoms with E-state index < -0.39 is 0 Å². The van der Waals surface area contributed by atoms with Gasteiger partial charge in [-0.25, -0.2) is 4.39 Å². The van der Waals surface area contributed by atoms with Crippen LogP contribution in [0.2, 0.25) is 0 Å². The van der Waals surface area contributed by atoms with Crippen molar-refractivity contribution in [3.63, 3.8) is 0 Å². The predicted octanol–water partition coefficient (Wildman–Crippen LogP) is 2.03. The van der Waals surface area contributed by atoms with Gasteiger partial charge in [-0.1, -0.05) is 24.4 Å². The molecule has 1 aromatic rings. The highest BCUT2D eigenvalue weighted by Gasteiger charge is 2.05. The van der Waals surface area contributed by atoms with Crippen molar-refractivity contribution in [3.8, 4) is 0 Å². The fourth-order valence-electron chi connectivity index (χ4n) is 1.52. The molecule has 4 nitrogen and oxygen atoms in total. The highest BCUT2D eigenvalue weighted by molar-refractivity contribution is 7.80. The maximum absolute atomic E-state index is 13.7. The number of thiocarbonyl (C=S) groups is 1. The molecule has 0 saturated heterocycles. The smallest absolute Gasteiger partial charge is 0.129 e. The summed E-state index contributed by atoms with van der Waals surface area (Å²) >= 11 is 4.78. The molecule has 0 atom stereocenters. The second-order valence-corrected chi connectivity index (χ2v) is 4.62. The van der Waals surface area contributed by atoms with Gasteiger partial charge in [0.15, 0.2) is 0 Å². The summed E-state index contributed by atoms with van der Waals surface area (Å²) in [5.41, 5.74) is 6.42. The summed E-state index contributed by atoms with van der Waals surface area (Å²) in [4.78, 5) is 0.181. The summed E-state index contributed by atoms with van der Waals surface area (Å²) in [6.45, 7) is 2.42. The number of hydrogen-bond donors (Lipinski definition) is 1. The van der Waals surface area contributed by atoms with Gasteiger partial charge < -0.3 is 19.9 Å². The lowest BCUT2D eigenvalue weighted by Crippen LogP contribution is -2.11. The quantitative estimate of drug-likeness (QED) is 0.529. The van der Waals surface area contributed by atoms with Crippen LogP contribution in [0.5, 0.6) is 0 Å². The van der Waals surface area contributed by atoms with Gasteiger partial charge >= 0.3 is 0 Å². The average Bonchev–Trinajstić information content (AvgIpc) is 2.43. The Kier molecular flexibility index (Phi) is 8.29. The van der Waals surface area contributed by atoms with Crippen LogP contribution in [0, 0.1) is 5.82 Å². The van der Waals surface area contributed by atoms with Crippen LogP contribution in [0.3, 0.4) is 0 Å². The molecule has 0 bridgehead atoms. The maximum Gasteiger partial charge on any atom is 0.129 e. The van der Waals surface area contributed by atoms with E-state index in [1.807, 2.05) is 0 Å². The zero-order valence-electron chi connectivity index (χ0n) is 11.6. The molecule has 112 valence electrons. The second-order valence-electron chi connectivity index (χ2n) is 4.18. The van der Waals surface area contributed by atoms with E-state index in [-0.39, 0.29) is 17.4 Å². The number of methoxy groups -OCH3 is 1. The number of ether oxygens (including phenoxy) is 3. The van der Waals surface area contributed by atoms with Gasteiger partial charge in [-0.3, -0.25) is 0 Å². The van der Waals surface area contributed by atoms with E-state index in [9.17, 15) is 4.39 Å². The van der Waals surface area contributed by atoms with Gasteiger partial charge in [0.25, 0.3) is 0 Å². The number of rotatable bonds is 10. The van der Waals surface area contributed by atoms with E-state index >= 15 is 0 Å². The van der Waals surface area contributed by atoms with Crippen molar-refractivity contribution in [3.05, 3.63) is 35.1 Å². The van der Waals surface area contributed by atoms with Crippen molar-refractivity contribution >= 4 is 17.2 Å². The number of nitrogens with two attached hydrogens (primary N) is 1. The Morgan fingerprint density at radius 2 is 1.95 bits per heavy atom. The fraction of sp³-hybridized carbons (Fsp3) is 0.500.